The van der Waals surface area contributed by atoms with Gasteiger partial charge in [-0.1, -0.05) is 37.2 Å². The van der Waals surface area contributed by atoms with Gasteiger partial charge in [-0.05, 0) is 22.4 Å². The highest BCUT2D eigenvalue weighted by molar-refractivity contribution is 7.17. The summed E-state index contributed by atoms with van der Waals surface area (Å²) in [5.74, 6) is 1.39. The first-order valence-corrected chi connectivity index (χ1v) is 7.10. The van der Waals surface area contributed by atoms with E-state index in [2.05, 4.69) is 27.7 Å². The lowest BCUT2D eigenvalue weighted by molar-refractivity contribution is 0.359. The molecular weight excluding hydrogens is 258 g/mol. The Morgan fingerprint density at radius 3 is 2.79 bits per heavy atom. The number of aromatic nitrogens is 2. The third-order valence-electron chi connectivity index (χ3n) is 3.08. The van der Waals surface area contributed by atoms with Gasteiger partial charge < -0.3 is 10.3 Å². The Kier molecular flexibility index (Phi) is 3.08. The van der Waals surface area contributed by atoms with Crippen molar-refractivity contribution >= 4 is 21.4 Å². The molecule has 0 saturated heterocycles. The van der Waals surface area contributed by atoms with E-state index in [1.807, 2.05) is 26.0 Å². The average molecular weight is 273 g/mol. The van der Waals surface area contributed by atoms with Crippen molar-refractivity contribution < 1.29 is 4.52 Å². The zero-order chi connectivity index (χ0) is 13.4. The Bertz CT molecular complexity index is 701. The van der Waals surface area contributed by atoms with Crippen LogP contribution in [0.1, 0.15) is 43.1 Å². The summed E-state index contributed by atoms with van der Waals surface area (Å²) in [5.41, 5.74) is 7.31. The maximum Gasteiger partial charge on any atom is 0.229 e. The monoisotopic (exact) mass is 273 g/mol. The van der Waals surface area contributed by atoms with E-state index in [9.17, 15) is 0 Å². The van der Waals surface area contributed by atoms with Gasteiger partial charge >= 0.3 is 0 Å². The van der Waals surface area contributed by atoms with Crippen molar-refractivity contribution in [3.8, 4) is 0 Å². The van der Waals surface area contributed by atoms with Gasteiger partial charge in [0, 0.05) is 10.6 Å². The van der Waals surface area contributed by atoms with Gasteiger partial charge in [0.15, 0.2) is 5.82 Å². The lowest BCUT2D eigenvalue weighted by Gasteiger charge is -2.05. The number of hydrogen-bond donors (Lipinski definition) is 1. The van der Waals surface area contributed by atoms with Crippen LogP contribution in [0, 0.1) is 0 Å². The summed E-state index contributed by atoms with van der Waals surface area (Å²) >= 11 is 1.68. The van der Waals surface area contributed by atoms with Gasteiger partial charge in [-0.2, -0.15) is 4.98 Å². The van der Waals surface area contributed by atoms with Crippen LogP contribution in [0.15, 0.2) is 34.2 Å². The van der Waals surface area contributed by atoms with E-state index in [0.717, 1.165) is 10.9 Å². The molecule has 98 valence electrons. The van der Waals surface area contributed by atoms with Gasteiger partial charge in [0.25, 0.3) is 0 Å². The van der Waals surface area contributed by atoms with Crippen LogP contribution >= 0.6 is 11.3 Å². The van der Waals surface area contributed by atoms with Gasteiger partial charge in [-0.25, -0.2) is 0 Å². The van der Waals surface area contributed by atoms with Crippen molar-refractivity contribution in [3.63, 3.8) is 0 Å². The summed E-state index contributed by atoms with van der Waals surface area (Å²) in [6, 6.07) is 7.86. The maximum atomic E-state index is 6.26. The summed E-state index contributed by atoms with van der Waals surface area (Å²) in [4.78, 5) is 4.37. The molecular formula is C14H15N3OS. The van der Waals surface area contributed by atoms with Crippen LogP contribution in [-0.2, 0) is 0 Å². The number of benzene rings is 1. The Hall–Kier alpha value is -1.72. The van der Waals surface area contributed by atoms with Crippen LogP contribution in [0.5, 0.6) is 0 Å². The molecule has 0 spiro atoms. The standard InChI is InChI=1S/C14H15N3OS/c1-8(2)14-16-13(17-18-14)12(15)10-7-19-11-6-4-3-5-9(10)11/h3-8,12H,15H2,1-2H3. The first kappa shape index (κ1) is 12.3. The first-order valence-electron chi connectivity index (χ1n) is 6.22. The second kappa shape index (κ2) is 4.75. The molecule has 0 amide bonds. The zero-order valence-electron chi connectivity index (χ0n) is 10.8. The summed E-state index contributed by atoms with van der Waals surface area (Å²) in [6.07, 6.45) is 0. The van der Waals surface area contributed by atoms with Crippen LogP contribution < -0.4 is 5.73 Å². The molecule has 3 aromatic rings. The minimum absolute atomic E-state index is 0.215. The fourth-order valence-electron chi connectivity index (χ4n) is 1.99. The molecule has 1 atom stereocenters. The van der Waals surface area contributed by atoms with E-state index in [0.29, 0.717) is 11.7 Å². The highest BCUT2D eigenvalue weighted by Gasteiger charge is 2.20. The highest BCUT2D eigenvalue weighted by Crippen LogP contribution is 2.31. The molecule has 3 rings (SSSR count). The SMILES string of the molecule is CC(C)c1nc(C(N)c2csc3ccccc23)no1. The number of hydrogen-bond acceptors (Lipinski definition) is 5. The Balaban J connectivity index is 2.00. The molecule has 4 nitrogen and oxygen atoms in total. The van der Waals surface area contributed by atoms with Crippen molar-refractivity contribution in [2.75, 3.05) is 0 Å². The van der Waals surface area contributed by atoms with Crippen LogP contribution in [0.25, 0.3) is 10.1 Å². The van der Waals surface area contributed by atoms with Crippen LogP contribution in [-0.4, -0.2) is 10.1 Å². The van der Waals surface area contributed by atoms with Crippen LogP contribution in [0.4, 0.5) is 0 Å². The van der Waals surface area contributed by atoms with Crippen molar-refractivity contribution in [3.05, 3.63) is 46.9 Å². The Morgan fingerprint density at radius 2 is 2.05 bits per heavy atom. The van der Waals surface area contributed by atoms with Gasteiger partial charge in [-0.15, -0.1) is 11.3 Å². The molecule has 0 bridgehead atoms. The predicted molar refractivity (Wildman–Crippen MR) is 76.2 cm³/mol. The van der Waals surface area contributed by atoms with E-state index >= 15 is 0 Å². The van der Waals surface area contributed by atoms with Gasteiger partial charge in [0.1, 0.15) is 0 Å². The number of nitrogens with zero attached hydrogens (tertiary/aromatic N) is 2. The molecule has 0 fully saturated rings. The van der Waals surface area contributed by atoms with Gasteiger partial charge in [0.2, 0.25) is 5.89 Å². The van der Waals surface area contributed by atoms with E-state index in [-0.39, 0.29) is 12.0 Å². The fourth-order valence-corrected chi connectivity index (χ4v) is 2.98. The van der Waals surface area contributed by atoms with Gasteiger partial charge in [0.05, 0.1) is 6.04 Å². The second-order valence-electron chi connectivity index (χ2n) is 4.81. The fraction of sp³-hybridized carbons (Fsp3) is 0.286. The van der Waals surface area contributed by atoms with Crippen molar-refractivity contribution in [2.45, 2.75) is 25.8 Å². The minimum Gasteiger partial charge on any atom is -0.339 e. The van der Waals surface area contributed by atoms with Crippen LogP contribution in [0.3, 0.4) is 0 Å². The predicted octanol–water partition coefficient (Wildman–Crippen LogP) is 3.46. The molecule has 1 unspecified atom stereocenters. The molecule has 2 N–H and O–H groups in total. The molecule has 0 radical (unpaired) electrons. The molecule has 0 aliphatic rings. The summed E-state index contributed by atoms with van der Waals surface area (Å²) in [7, 11) is 0. The smallest absolute Gasteiger partial charge is 0.229 e. The Labute approximate surface area is 115 Å². The van der Waals surface area contributed by atoms with Crippen molar-refractivity contribution in [2.24, 2.45) is 5.73 Å². The molecule has 2 aromatic heterocycles. The molecule has 0 aliphatic carbocycles. The summed E-state index contributed by atoms with van der Waals surface area (Å²) in [5, 5.41) is 7.23. The third-order valence-corrected chi connectivity index (χ3v) is 4.06. The first-order chi connectivity index (χ1) is 9.16. The molecule has 0 aliphatic heterocycles. The van der Waals surface area contributed by atoms with Crippen molar-refractivity contribution in [1.82, 2.24) is 10.1 Å². The molecule has 1 aromatic carbocycles. The normalized spacial score (nSPS) is 13.3. The molecule has 19 heavy (non-hydrogen) atoms. The Morgan fingerprint density at radius 1 is 1.26 bits per heavy atom. The highest BCUT2D eigenvalue weighted by atomic mass is 32.1. The largest absolute Gasteiger partial charge is 0.339 e. The average Bonchev–Trinajstić information content (AvgIpc) is 3.05. The number of rotatable bonds is 3. The minimum atomic E-state index is -0.340. The lowest BCUT2D eigenvalue weighted by atomic mass is 10.1. The summed E-state index contributed by atoms with van der Waals surface area (Å²) in [6.45, 7) is 4.03. The number of thiophene rings is 1. The molecule has 0 saturated carbocycles. The molecule has 5 heteroatoms. The third kappa shape index (κ3) is 2.15. The summed E-state index contributed by atoms with van der Waals surface area (Å²) < 4.78 is 6.44. The lowest BCUT2D eigenvalue weighted by Crippen LogP contribution is -2.13. The topological polar surface area (TPSA) is 64.9 Å². The molecule has 2 heterocycles. The van der Waals surface area contributed by atoms with Gasteiger partial charge in [-0.3, -0.25) is 0 Å². The number of fused-ring (bicyclic) bond motifs is 1. The van der Waals surface area contributed by atoms with E-state index < -0.39 is 0 Å². The van der Waals surface area contributed by atoms with Crippen LogP contribution in [0.2, 0.25) is 0 Å². The van der Waals surface area contributed by atoms with E-state index in [4.69, 9.17) is 10.3 Å². The maximum absolute atomic E-state index is 6.26. The van der Waals surface area contributed by atoms with E-state index in [1.165, 1.54) is 4.70 Å². The zero-order valence-corrected chi connectivity index (χ0v) is 11.6. The second-order valence-corrected chi connectivity index (χ2v) is 5.72. The quantitative estimate of drug-likeness (QED) is 0.793. The van der Waals surface area contributed by atoms with Crippen molar-refractivity contribution in [1.29, 1.82) is 0 Å². The number of nitrogens with two attached hydrogens (primary N) is 1. The van der Waals surface area contributed by atoms with E-state index in [1.54, 1.807) is 11.3 Å².